The number of hydrogen-bond acceptors (Lipinski definition) is 5. The summed E-state index contributed by atoms with van der Waals surface area (Å²) in [5.74, 6) is -0.676. The molecule has 190 valence electrons. The van der Waals surface area contributed by atoms with Gasteiger partial charge in [-0.1, -0.05) is 32.1 Å². The van der Waals surface area contributed by atoms with Crippen molar-refractivity contribution in [1.29, 1.82) is 0 Å². The van der Waals surface area contributed by atoms with Crippen molar-refractivity contribution in [2.45, 2.75) is 94.7 Å². The molecule has 1 spiro atoms. The first-order valence-corrected chi connectivity index (χ1v) is 13.2. The fourth-order valence-electron chi connectivity index (χ4n) is 6.40. The number of carbonyl (C=O) groups is 4. The van der Waals surface area contributed by atoms with E-state index in [9.17, 15) is 19.2 Å². The van der Waals surface area contributed by atoms with Crippen LogP contribution in [0.15, 0.2) is 6.07 Å². The molecule has 2 aliphatic heterocycles. The number of aromatic amines is 1. The lowest BCUT2D eigenvalue weighted by Crippen LogP contribution is -2.50. The molecular formula is C25H36N6O4. The number of rotatable bonds is 5. The minimum atomic E-state index is -0.790. The van der Waals surface area contributed by atoms with Gasteiger partial charge in [-0.2, -0.15) is 5.10 Å². The van der Waals surface area contributed by atoms with Gasteiger partial charge in [-0.05, 0) is 51.0 Å². The van der Waals surface area contributed by atoms with Crippen LogP contribution in [-0.4, -0.2) is 80.4 Å². The second-order valence-corrected chi connectivity index (χ2v) is 10.6. The number of H-pyrrole nitrogens is 1. The van der Waals surface area contributed by atoms with Crippen molar-refractivity contribution in [2.24, 2.45) is 0 Å². The van der Waals surface area contributed by atoms with E-state index >= 15 is 0 Å². The largest absolute Gasteiger partial charge is 0.348 e. The van der Waals surface area contributed by atoms with Crippen LogP contribution in [0.1, 0.15) is 99.3 Å². The van der Waals surface area contributed by atoms with Gasteiger partial charge >= 0.3 is 6.03 Å². The lowest BCUT2D eigenvalue weighted by Gasteiger charge is -2.36. The van der Waals surface area contributed by atoms with Crippen molar-refractivity contribution in [3.63, 3.8) is 0 Å². The predicted octanol–water partition coefficient (Wildman–Crippen LogP) is 2.73. The number of amides is 5. The molecule has 0 radical (unpaired) electrons. The van der Waals surface area contributed by atoms with Gasteiger partial charge in [0.15, 0.2) is 0 Å². The Morgan fingerprint density at radius 1 is 1.06 bits per heavy atom. The van der Waals surface area contributed by atoms with Crippen molar-refractivity contribution in [3.8, 4) is 0 Å². The lowest BCUT2D eigenvalue weighted by atomic mass is 9.81. The Hall–Kier alpha value is -2.91. The predicted molar refractivity (Wildman–Crippen MR) is 127 cm³/mol. The molecule has 10 nitrogen and oxygen atoms in total. The van der Waals surface area contributed by atoms with E-state index in [1.807, 2.05) is 0 Å². The minimum Gasteiger partial charge on any atom is -0.348 e. The molecule has 5 rings (SSSR count). The molecule has 2 N–H and O–H groups in total. The molecule has 2 saturated carbocycles. The fraction of sp³-hybridized carbons (Fsp3) is 0.720. The highest BCUT2D eigenvalue weighted by atomic mass is 16.2. The molecule has 1 unspecified atom stereocenters. The third kappa shape index (κ3) is 4.31. The van der Waals surface area contributed by atoms with Crippen molar-refractivity contribution in [3.05, 3.63) is 17.5 Å². The van der Waals surface area contributed by atoms with Gasteiger partial charge in [0.25, 0.3) is 11.8 Å². The zero-order valence-electron chi connectivity index (χ0n) is 20.6. The van der Waals surface area contributed by atoms with Gasteiger partial charge in [0, 0.05) is 19.6 Å². The summed E-state index contributed by atoms with van der Waals surface area (Å²) in [6.07, 6.45) is 11.0. The Morgan fingerprint density at radius 2 is 1.77 bits per heavy atom. The Morgan fingerprint density at radius 3 is 2.51 bits per heavy atom. The van der Waals surface area contributed by atoms with E-state index in [4.69, 9.17) is 0 Å². The molecule has 1 aromatic heterocycles. The van der Waals surface area contributed by atoms with Gasteiger partial charge in [-0.15, -0.1) is 0 Å². The second-order valence-electron chi connectivity index (χ2n) is 10.6. The summed E-state index contributed by atoms with van der Waals surface area (Å²) in [4.78, 5) is 56.8. The van der Waals surface area contributed by atoms with E-state index in [-0.39, 0.29) is 42.4 Å². The van der Waals surface area contributed by atoms with Gasteiger partial charge in [0.05, 0.1) is 11.7 Å². The maximum atomic E-state index is 13.4. The van der Waals surface area contributed by atoms with Crippen LogP contribution in [0.2, 0.25) is 0 Å². The molecule has 4 fully saturated rings. The van der Waals surface area contributed by atoms with E-state index in [1.165, 1.54) is 0 Å². The number of likely N-dealkylation sites (N-methyl/N-ethyl adjacent to an activating group) is 1. The fourth-order valence-corrected chi connectivity index (χ4v) is 6.40. The maximum Gasteiger partial charge on any atom is 0.327 e. The topological polar surface area (TPSA) is 119 Å². The first kappa shape index (κ1) is 23.8. The Bertz CT molecular complexity index is 994. The van der Waals surface area contributed by atoms with Crippen LogP contribution in [0.5, 0.6) is 0 Å². The highest BCUT2D eigenvalue weighted by Gasteiger charge is 2.56. The first-order valence-electron chi connectivity index (χ1n) is 13.2. The molecule has 5 amide bonds. The van der Waals surface area contributed by atoms with Crippen LogP contribution in [0.25, 0.3) is 0 Å². The molecule has 2 saturated heterocycles. The summed E-state index contributed by atoms with van der Waals surface area (Å²) >= 11 is 0. The van der Waals surface area contributed by atoms with E-state index < -0.39 is 5.54 Å². The van der Waals surface area contributed by atoms with Crippen LogP contribution in [0.3, 0.4) is 0 Å². The average molecular weight is 485 g/mol. The lowest BCUT2D eigenvalue weighted by molar-refractivity contribution is -0.142. The first-order chi connectivity index (χ1) is 16.9. The Kier molecular flexibility index (Phi) is 6.55. The molecule has 3 heterocycles. The summed E-state index contributed by atoms with van der Waals surface area (Å²) in [6, 6.07) is 1.30. The highest BCUT2D eigenvalue weighted by Crippen LogP contribution is 2.39. The van der Waals surface area contributed by atoms with Gasteiger partial charge in [-0.3, -0.25) is 24.4 Å². The quantitative estimate of drug-likeness (QED) is 0.623. The van der Waals surface area contributed by atoms with Crippen molar-refractivity contribution in [2.75, 3.05) is 20.1 Å². The number of urea groups is 1. The zero-order chi connectivity index (χ0) is 24.6. The van der Waals surface area contributed by atoms with Crippen molar-refractivity contribution >= 4 is 23.8 Å². The maximum absolute atomic E-state index is 13.4. The number of nitrogens with one attached hydrogen (secondary N) is 2. The van der Waals surface area contributed by atoms with Crippen LogP contribution >= 0.6 is 0 Å². The Labute approximate surface area is 205 Å². The van der Waals surface area contributed by atoms with Crippen LogP contribution < -0.4 is 5.32 Å². The number of likely N-dealkylation sites (tertiary alicyclic amines) is 1. The zero-order valence-corrected chi connectivity index (χ0v) is 20.6. The number of carbonyl (C=O) groups excluding carboxylic acids is 4. The molecule has 1 atom stereocenters. The van der Waals surface area contributed by atoms with E-state index in [1.54, 1.807) is 22.9 Å². The summed E-state index contributed by atoms with van der Waals surface area (Å²) < 4.78 is 0. The third-order valence-electron chi connectivity index (χ3n) is 8.48. The number of imide groups is 1. The molecule has 35 heavy (non-hydrogen) atoms. The molecular weight excluding hydrogens is 448 g/mol. The van der Waals surface area contributed by atoms with E-state index in [0.29, 0.717) is 25.1 Å². The van der Waals surface area contributed by atoms with Crippen LogP contribution in [-0.2, 0) is 9.59 Å². The standard InChI is InChI=1S/C25H36N6O4/c1-29-24(35)31(23(34)25(29)12-6-2-7-13-25)16-21(32)30-14-8-5-11-20(30)18-15-19(28-27-18)22(33)26-17-9-3-4-10-17/h15,17,20H,2-14,16H2,1H3,(H,26,33)(H,27,28). The normalized spacial score (nSPS) is 25.1. The van der Waals surface area contributed by atoms with Crippen LogP contribution in [0.4, 0.5) is 4.79 Å². The SMILES string of the molecule is CN1C(=O)N(CC(=O)N2CCCCC2c2cc(C(=O)NC3CCCC3)n[nH]2)C(=O)C12CCCCC2. The summed E-state index contributed by atoms with van der Waals surface area (Å²) in [5, 5.41) is 10.2. The monoisotopic (exact) mass is 484 g/mol. The number of nitrogens with zero attached hydrogens (tertiary/aromatic N) is 4. The van der Waals surface area contributed by atoms with Gasteiger partial charge in [-0.25, -0.2) is 4.79 Å². The minimum absolute atomic E-state index is 0.192. The number of hydrogen-bond donors (Lipinski definition) is 2. The Balaban J connectivity index is 1.28. The average Bonchev–Trinajstić information content (AvgIpc) is 3.61. The van der Waals surface area contributed by atoms with Crippen LogP contribution in [0, 0.1) is 0 Å². The van der Waals surface area contributed by atoms with Crippen molar-refractivity contribution < 1.29 is 19.2 Å². The van der Waals surface area contributed by atoms with Crippen molar-refractivity contribution in [1.82, 2.24) is 30.2 Å². The third-order valence-corrected chi connectivity index (χ3v) is 8.48. The molecule has 1 aromatic rings. The van der Waals surface area contributed by atoms with E-state index in [0.717, 1.165) is 74.8 Å². The summed E-state index contributed by atoms with van der Waals surface area (Å²) in [7, 11) is 1.68. The molecule has 0 bridgehead atoms. The smallest absolute Gasteiger partial charge is 0.327 e. The van der Waals surface area contributed by atoms with Gasteiger partial charge in [0.1, 0.15) is 17.8 Å². The molecule has 4 aliphatic rings. The molecule has 0 aromatic carbocycles. The van der Waals surface area contributed by atoms with Gasteiger partial charge < -0.3 is 15.1 Å². The summed E-state index contributed by atoms with van der Waals surface area (Å²) in [6.45, 7) is 0.298. The van der Waals surface area contributed by atoms with E-state index in [2.05, 4.69) is 15.5 Å². The number of aromatic nitrogens is 2. The summed E-state index contributed by atoms with van der Waals surface area (Å²) in [5.41, 5.74) is 0.257. The highest BCUT2D eigenvalue weighted by molar-refractivity contribution is 6.09. The molecule has 2 aliphatic carbocycles. The number of piperidine rings is 1. The second kappa shape index (κ2) is 9.62. The molecule has 10 heteroatoms. The van der Waals surface area contributed by atoms with Gasteiger partial charge in [0.2, 0.25) is 5.91 Å².